The summed E-state index contributed by atoms with van der Waals surface area (Å²) in [5.74, 6) is -1.76. The van der Waals surface area contributed by atoms with Crippen LogP contribution < -0.4 is 0 Å². The predicted molar refractivity (Wildman–Crippen MR) is 160 cm³/mol. The third-order valence-electron chi connectivity index (χ3n) is 6.93. The number of nitrogens with zero attached hydrogens (tertiary/aromatic N) is 4. The maximum absolute atomic E-state index is 12.6. The molecule has 230 valence electrons. The Bertz CT molecular complexity index is 1700. The number of rotatable bonds is 14. The van der Waals surface area contributed by atoms with Gasteiger partial charge in [-0.05, 0) is 55.5 Å². The van der Waals surface area contributed by atoms with Crippen molar-refractivity contribution in [3.63, 3.8) is 0 Å². The second kappa shape index (κ2) is 14.2. The molecule has 0 aliphatic rings. The molecule has 0 aliphatic carbocycles. The molecular weight excluding hydrogens is 588 g/mol. The fraction of sp³-hybridized carbons (Fsp3) is 0.226. The minimum Gasteiger partial charge on any atom is -0.508 e. The van der Waals surface area contributed by atoms with Crippen molar-refractivity contribution in [3.8, 4) is 11.5 Å². The maximum Gasteiger partial charge on any atom is 0.317 e. The highest BCUT2D eigenvalue weighted by molar-refractivity contribution is 7.85. The number of Topliss-reactive ketones (excluding diaryl/α,β-unsaturated/α-hetero) is 1. The van der Waals surface area contributed by atoms with Gasteiger partial charge in [0, 0.05) is 36.6 Å². The quantitative estimate of drug-likeness (QED) is 0.151. The van der Waals surface area contributed by atoms with E-state index in [2.05, 4.69) is 9.97 Å². The number of aromatic nitrogens is 2. The van der Waals surface area contributed by atoms with Crippen LogP contribution in [-0.4, -0.2) is 86.0 Å². The molecule has 2 atom stereocenters. The van der Waals surface area contributed by atoms with Gasteiger partial charge in [-0.1, -0.05) is 30.3 Å². The lowest BCUT2D eigenvalue weighted by molar-refractivity contribution is -0.139. The van der Waals surface area contributed by atoms with Gasteiger partial charge < -0.3 is 15.3 Å². The summed E-state index contributed by atoms with van der Waals surface area (Å²) in [6.45, 7) is 0.784. The molecule has 12 nitrogen and oxygen atoms in total. The number of carbonyl (C=O) groups excluding carboxylic acids is 1. The Labute approximate surface area is 254 Å². The van der Waals surface area contributed by atoms with E-state index in [1.54, 1.807) is 70.6 Å². The molecule has 0 amide bonds. The van der Waals surface area contributed by atoms with Crippen LogP contribution in [0.1, 0.15) is 41.5 Å². The second-order valence-corrected chi connectivity index (χ2v) is 11.5. The summed E-state index contributed by atoms with van der Waals surface area (Å²) in [6.07, 6.45) is 3.06. The monoisotopic (exact) mass is 620 g/mol. The Morgan fingerprint density at radius 1 is 0.750 bits per heavy atom. The molecule has 0 saturated heterocycles. The molecule has 0 radical (unpaired) electrons. The van der Waals surface area contributed by atoms with E-state index < -0.39 is 39.6 Å². The molecule has 0 fully saturated rings. The minimum absolute atomic E-state index is 0.0250. The third kappa shape index (κ3) is 8.02. The van der Waals surface area contributed by atoms with Crippen LogP contribution in [0.2, 0.25) is 0 Å². The lowest BCUT2D eigenvalue weighted by Crippen LogP contribution is -2.43. The van der Waals surface area contributed by atoms with Crippen molar-refractivity contribution in [2.75, 3.05) is 26.2 Å². The van der Waals surface area contributed by atoms with E-state index in [4.69, 9.17) is 0 Å². The molecule has 4 rings (SSSR count). The maximum atomic E-state index is 12.6. The number of pyridine rings is 2. The lowest BCUT2D eigenvalue weighted by Gasteiger charge is -2.36. The molecule has 13 heteroatoms. The van der Waals surface area contributed by atoms with Crippen LogP contribution in [0, 0.1) is 0 Å². The van der Waals surface area contributed by atoms with Crippen LogP contribution in [0.25, 0.3) is 0 Å². The van der Waals surface area contributed by atoms with Gasteiger partial charge in [-0.2, -0.15) is 8.42 Å². The molecule has 2 heterocycles. The number of hydrogen-bond donors (Lipinski definition) is 4. The van der Waals surface area contributed by atoms with Crippen molar-refractivity contribution in [1.82, 2.24) is 19.8 Å². The Morgan fingerprint density at radius 3 is 1.77 bits per heavy atom. The Hall–Kier alpha value is -4.69. The number of phenols is 2. The highest BCUT2D eigenvalue weighted by Crippen LogP contribution is 2.36. The van der Waals surface area contributed by atoms with Crippen LogP contribution in [0.15, 0.2) is 96.2 Å². The molecule has 0 bridgehead atoms. The zero-order valence-corrected chi connectivity index (χ0v) is 24.6. The first-order valence-corrected chi connectivity index (χ1v) is 15.0. The van der Waals surface area contributed by atoms with E-state index in [0.717, 1.165) is 18.2 Å². The average Bonchev–Trinajstić information content (AvgIpc) is 2.98. The van der Waals surface area contributed by atoms with Gasteiger partial charge >= 0.3 is 5.97 Å². The van der Waals surface area contributed by atoms with E-state index in [0.29, 0.717) is 17.0 Å². The molecule has 44 heavy (non-hydrogen) atoms. The summed E-state index contributed by atoms with van der Waals surface area (Å²) in [6, 6.07) is 18.2. The van der Waals surface area contributed by atoms with Gasteiger partial charge in [0.1, 0.15) is 17.3 Å². The van der Waals surface area contributed by atoms with Crippen LogP contribution in [0.3, 0.4) is 0 Å². The van der Waals surface area contributed by atoms with E-state index in [1.807, 2.05) is 0 Å². The number of phenolic OH excluding ortho intramolecular Hbond substituents is 2. The van der Waals surface area contributed by atoms with Crippen molar-refractivity contribution >= 4 is 21.9 Å². The van der Waals surface area contributed by atoms with Crippen molar-refractivity contribution in [2.24, 2.45) is 0 Å². The van der Waals surface area contributed by atoms with Crippen molar-refractivity contribution in [3.05, 3.63) is 114 Å². The van der Waals surface area contributed by atoms with Gasteiger partial charge in [-0.25, -0.2) is 0 Å². The summed E-state index contributed by atoms with van der Waals surface area (Å²) in [5, 5.41) is 31.6. The van der Waals surface area contributed by atoms with Crippen LogP contribution in [0.5, 0.6) is 11.5 Å². The van der Waals surface area contributed by atoms with Crippen molar-refractivity contribution in [1.29, 1.82) is 0 Å². The summed E-state index contributed by atoms with van der Waals surface area (Å²) < 4.78 is 33.7. The summed E-state index contributed by atoms with van der Waals surface area (Å²) in [7, 11) is -4.64. The molecule has 0 spiro atoms. The smallest absolute Gasteiger partial charge is 0.317 e. The molecule has 2 aromatic carbocycles. The molecule has 4 N–H and O–H groups in total. The van der Waals surface area contributed by atoms with Gasteiger partial charge in [0.2, 0.25) is 0 Å². The van der Waals surface area contributed by atoms with Crippen LogP contribution in [-0.2, 0) is 19.7 Å². The minimum atomic E-state index is -4.64. The summed E-state index contributed by atoms with van der Waals surface area (Å²) in [5.41, 5.74) is 1.33. The number of hydrogen-bond acceptors (Lipinski definition) is 10. The first-order valence-electron chi connectivity index (χ1n) is 13.5. The fourth-order valence-corrected chi connectivity index (χ4v) is 5.62. The highest BCUT2D eigenvalue weighted by Gasteiger charge is 2.32. The van der Waals surface area contributed by atoms with Gasteiger partial charge in [0.15, 0.2) is 0 Å². The Balaban J connectivity index is 1.82. The fourth-order valence-electron chi connectivity index (χ4n) is 5.11. The number of ketones is 1. The Morgan fingerprint density at radius 2 is 1.27 bits per heavy atom. The second-order valence-electron chi connectivity index (χ2n) is 10.1. The SMILES string of the molecule is CC(=O)CN(CCN(CC(=O)O)C(c1ccccn1)c1ccccc1O)C(c1ccccn1)c1cc(S(=O)(=O)O)ccc1O. The molecule has 2 unspecified atom stereocenters. The molecular formula is C31H32N4O8S. The zero-order chi connectivity index (χ0) is 31.9. The average molecular weight is 621 g/mol. The molecule has 2 aromatic heterocycles. The highest BCUT2D eigenvalue weighted by atomic mass is 32.2. The van der Waals surface area contributed by atoms with Crippen LogP contribution >= 0.6 is 0 Å². The number of benzene rings is 2. The predicted octanol–water partition coefficient (Wildman–Crippen LogP) is 3.29. The molecule has 0 aliphatic heterocycles. The van der Waals surface area contributed by atoms with Crippen molar-refractivity contribution in [2.45, 2.75) is 23.9 Å². The number of carboxylic acid groups (broad SMARTS) is 1. The summed E-state index contributed by atoms with van der Waals surface area (Å²) in [4.78, 5) is 36.3. The number of aliphatic carboxylic acids is 1. The standard InChI is InChI=1S/C31H32N4O8S/c1-21(36)19-34(31(26-10-5-7-15-33-26)24-18-22(44(41,42)43)12-13-28(24)38)16-17-35(20-29(39)40)30(25-9-4-6-14-32-25)23-8-2-3-11-27(23)37/h2-15,18,30-31,37-38H,16-17,19-20H2,1H3,(H,39,40)(H,41,42,43). The van der Waals surface area contributed by atoms with Crippen molar-refractivity contribution < 1.29 is 37.9 Å². The number of aromatic hydroxyl groups is 2. The van der Waals surface area contributed by atoms with E-state index in [9.17, 15) is 37.9 Å². The topological polar surface area (TPSA) is 181 Å². The molecule has 4 aromatic rings. The number of para-hydroxylation sites is 1. The number of carbonyl (C=O) groups is 2. The molecule has 0 saturated carbocycles. The zero-order valence-electron chi connectivity index (χ0n) is 23.8. The first-order chi connectivity index (χ1) is 21.0. The third-order valence-corrected chi connectivity index (χ3v) is 7.78. The summed E-state index contributed by atoms with van der Waals surface area (Å²) >= 11 is 0. The number of carboxylic acids is 1. The lowest BCUT2D eigenvalue weighted by atomic mass is 9.98. The van der Waals surface area contributed by atoms with Crippen LogP contribution in [0.4, 0.5) is 0 Å². The van der Waals surface area contributed by atoms with Gasteiger partial charge in [0.05, 0.1) is 41.5 Å². The van der Waals surface area contributed by atoms with E-state index in [-0.39, 0.29) is 42.5 Å². The van der Waals surface area contributed by atoms with Gasteiger partial charge in [-0.15, -0.1) is 0 Å². The normalized spacial score (nSPS) is 13.1. The van der Waals surface area contributed by atoms with Gasteiger partial charge in [0.25, 0.3) is 10.1 Å². The Kier molecular flexibility index (Phi) is 10.4. The van der Waals surface area contributed by atoms with Gasteiger partial charge in [-0.3, -0.25) is 33.9 Å². The van der Waals surface area contributed by atoms with E-state index >= 15 is 0 Å². The van der Waals surface area contributed by atoms with E-state index in [1.165, 1.54) is 19.2 Å². The largest absolute Gasteiger partial charge is 0.508 e. The first kappa shape index (κ1) is 32.2.